The zero-order chi connectivity index (χ0) is 29.0. The molecule has 10 nitrogen and oxygen atoms in total. The van der Waals surface area contributed by atoms with E-state index in [-0.39, 0.29) is 17.6 Å². The quantitative estimate of drug-likeness (QED) is 0.223. The van der Waals surface area contributed by atoms with Gasteiger partial charge in [-0.15, -0.1) is 22.7 Å². The van der Waals surface area contributed by atoms with Gasteiger partial charge >= 0.3 is 12.2 Å². The Kier molecular flexibility index (Phi) is 8.65. The van der Waals surface area contributed by atoms with Crippen LogP contribution in [0.4, 0.5) is 34.6 Å². The molecule has 1 aliphatic heterocycles. The first-order chi connectivity index (χ1) is 19.7. The summed E-state index contributed by atoms with van der Waals surface area (Å²) in [6.07, 6.45) is 1.01. The Morgan fingerprint density at radius 1 is 1.15 bits per heavy atom. The molecule has 1 saturated heterocycles. The van der Waals surface area contributed by atoms with Gasteiger partial charge in [-0.3, -0.25) is 10.1 Å². The van der Waals surface area contributed by atoms with Gasteiger partial charge in [0.1, 0.15) is 12.1 Å². The summed E-state index contributed by atoms with van der Waals surface area (Å²) in [6.45, 7) is 1.72. The number of urea groups is 1. The van der Waals surface area contributed by atoms with Crippen LogP contribution in [0.3, 0.4) is 0 Å². The van der Waals surface area contributed by atoms with Crippen molar-refractivity contribution in [2.45, 2.75) is 31.5 Å². The molecule has 0 bridgehead atoms. The molecule has 5 rings (SSSR count). The number of hydrogen-bond donors (Lipinski definition) is 3. The lowest BCUT2D eigenvalue weighted by atomic mass is 10.2. The Balaban J connectivity index is 1.16. The van der Waals surface area contributed by atoms with Crippen molar-refractivity contribution in [3.63, 3.8) is 0 Å². The number of ether oxygens (including phenoxy) is 1. The second-order valence-electron chi connectivity index (χ2n) is 9.26. The van der Waals surface area contributed by atoms with Gasteiger partial charge in [0.25, 0.3) is 5.91 Å². The summed E-state index contributed by atoms with van der Waals surface area (Å²) in [7, 11) is 1.64. The number of halogens is 3. The number of rotatable bonds is 9. The molecule has 3 amide bonds. The van der Waals surface area contributed by atoms with E-state index in [1.54, 1.807) is 19.4 Å². The van der Waals surface area contributed by atoms with Gasteiger partial charge in [-0.05, 0) is 37.1 Å². The number of anilines is 3. The molecule has 4 aromatic rings. The largest absolute Gasteiger partial charge is 0.416 e. The van der Waals surface area contributed by atoms with E-state index in [0.29, 0.717) is 47.5 Å². The number of hydrogen-bond acceptors (Lipinski definition) is 9. The molecule has 0 aliphatic carbocycles. The minimum atomic E-state index is -4.51. The molecular formula is C26H26F3N7O3S2. The van der Waals surface area contributed by atoms with Crippen molar-refractivity contribution in [3.8, 4) is 0 Å². The maximum atomic E-state index is 13.2. The number of likely N-dealkylation sites (tertiary alicyclic amines) is 1. The number of thiazole rings is 1. The maximum absolute atomic E-state index is 13.2. The molecule has 3 aromatic heterocycles. The van der Waals surface area contributed by atoms with E-state index in [0.717, 1.165) is 34.6 Å². The Labute approximate surface area is 241 Å². The average molecular weight is 606 g/mol. The third kappa shape index (κ3) is 6.92. The number of fused-ring (bicyclic) bond motifs is 1. The van der Waals surface area contributed by atoms with E-state index in [1.165, 1.54) is 41.1 Å². The molecule has 1 aliphatic rings. The summed E-state index contributed by atoms with van der Waals surface area (Å²) in [5.74, 6) is 0.595. The van der Waals surface area contributed by atoms with Crippen LogP contribution in [0.5, 0.6) is 0 Å². The third-order valence-corrected chi connectivity index (χ3v) is 8.50. The first-order valence-electron chi connectivity index (χ1n) is 12.7. The number of amides is 3. The lowest BCUT2D eigenvalue weighted by Gasteiger charge is -2.23. The number of methoxy groups -OCH3 is 1. The van der Waals surface area contributed by atoms with Crippen LogP contribution < -0.4 is 16.0 Å². The molecule has 15 heteroatoms. The number of carbonyl (C=O) groups is 2. The fraction of sp³-hybridized carbons (Fsp3) is 0.346. The highest BCUT2D eigenvalue weighted by atomic mass is 32.1. The van der Waals surface area contributed by atoms with E-state index in [4.69, 9.17) is 4.74 Å². The molecule has 216 valence electrons. The molecule has 1 fully saturated rings. The lowest BCUT2D eigenvalue weighted by Crippen LogP contribution is -2.37. The lowest BCUT2D eigenvalue weighted by molar-refractivity contribution is -0.137. The zero-order valence-electron chi connectivity index (χ0n) is 21.8. The van der Waals surface area contributed by atoms with E-state index >= 15 is 0 Å². The minimum absolute atomic E-state index is 0.0168. The Morgan fingerprint density at radius 3 is 2.80 bits per heavy atom. The van der Waals surface area contributed by atoms with Crippen molar-refractivity contribution in [1.29, 1.82) is 0 Å². The van der Waals surface area contributed by atoms with Gasteiger partial charge in [-0.25, -0.2) is 19.7 Å². The van der Waals surface area contributed by atoms with Gasteiger partial charge in [-0.1, -0.05) is 6.07 Å². The molecule has 41 heavy (non-hydrogen) atoms. The molecule has 1 aromatic carbocycles. The molecule has 0 unspecified atom stereocenters. The van der Waals surface area contributed by atoms with Gasteiger partial charge in [0.05, 0.1) is 33.3 Å². The van der Waals surface area contributed by atoms with Crippen LogP contribution in [0.25, 0.3) is 10.2 Å². The standard InChI is InChI=1S/C26H26F3N7O3S2/c1-39-13-17-6-3-9-36(17)23(37)20-11-19-21(41-20)22(33-14-32-19)30-8-7-18-12-31-25(40-18)35-24(38)34-16-5-2-4-15(10-16)26(27,28)29/h2,4-5,10-12,14,17H,3,6-9,13H2,1H3,(H,30,32,33)(H2,31,34,35,38)/t17-/m1/s1. The van der Waals surface area contributed by atoms with Crippen molar-refractivity contribution in [2.75, 3.05) is 42.8 Å². The fourth-order valence-corrected chi connectivity index (χ4v) is 6.35. The summed E-state index contributed by atoms with van der Waals surface area (Å²) in [4.78, 5) is 41.6. The van der Waals surface area contributed by atoms with Gasteiger partial charge in [-0.2, -0.15) is 13.2 Å². The number of alkyl halides is 3. The summed E-state index contributed by atoms with van der Waals surface area (Å²) < 4.78 is 44.8. The molecule has 0 radical (unpaired) electrons. The van der Waals surface area contributed by atoms with E-state index in [2.05, 4.69) is 30.9 Å². The van der Waals surface area contributed by atoms with Crippen LogP contribution in [0.1, 0.15) is 33.0 Å². The monoisotopic (exact) mass is 605 g/mol. The number of nitrogens with one attached hydrogen (secondary N) is 3. The first kappa shape index (κ1) is 28.7. The third-order valence-electron chi connectivity index (χ3n) is 6.40. The first-order valence-corrected chi connectivity index (χ1v) is 14.3. The summed E-state index contributed by atoms with van der Waals surface area (Å²) in [6, 6.07) is 5.56. The van der Waals surface area contributed by atoms with Gasteiger partial charge < -0.3 is 20.3 Å². The second-order valence-corrected chi connectivity index (χ2v) is 11.4. The Bertz CT molecular complexity index is 1540. The summed E-state index contributed by atoms with van der Waals surface area (Å²) in [5, 5.41) is 8.53. The van der Waals surface area contributed by atoms with Crippen molar-refractivity contribution < 1.29 is 27.5 Å². The van der Waals surface area contributed by atoms with Crippen LogP contribution in [0, 0.1) is 0 Å². The maximum Gasteiger partial charge on any atom is 0.416 e. The Morgan fingerprint density at radius 2 is 2.00 bits per heavy atom. The van der Waals surface area contributed by atoms with Crippen molar-refractivity contribution in [3.05, 3.63) is 58.2 Å². The van der Waals surface area contributed by atoms with Gasteiger partial charge in [0.15, 0.2) is 5.13 Å². The number of aromatic nitrogens is 3. The van der Waals surface area contributed by atoms with E-state index < -0.39 is 17.8 Å². The number of thiophene rings is 1. The number of benzene rings is 1. The average Bonchev–Trinajstić information content (AvgIpc) is 3.68. The molecule has 0 spiro atoms. The molecular weight excluding hydrogens is 579 g/mol. The summed E-state index contributed by atoms with van der Waals surface area (Å²) in [5.41, 5.74) is -0.148. The highest BCUT2D eigenvalue weighted by Gasteiger charge is 2.31. The van der Waals surface area contributed by atoms with Gasteiger partial charge in [0.2, 0.25) is 0 Å². The molecule has 0 saturated carbocycles. The van der Waals surface area contributed by atoms with Crippen LogP contribution in [-0.2, 0) is 17.3 Å². The predicted molar refractivity (Wildman–Crippen MR) is 152 cm³/mol. The van der Waals surface area contributed by atoms with Crippen molar-refractivity contribution in [2.24, 2.45) is 0 Å². The Hall–Kier alpha value is -3.82. The molecule has 1 atom stereocenters. The fourth-order valence-electron chi connectivity index (χ4n) is 4.51. The highest BCUT2D eigenvalue weighted by Crippen LogP contribution is 2.32. The van der Waals surface area contributed by atoms with Crippen LogP contribution in [0.2, 0.25) is 0 Å². The topological polar surface area (TPSA) is 121 Å². The van der Waals surface area contributed by atoms with Gasteiger partial charge in [0, 0.05) is 43.4 Å². The number of carbonyl (C=O) groups excluding carboxylic acids is 2. The van der Waals surface area contributed by atoms with E-state index in [9.17, 15) is 22.8 Å². The number of nitrogens with zero attached hydrogens (tertiary/aromatic N) is 4. The summed E-state index contributed by atoms with van der Waals surface area (Å²) >= 11 is 2.60. The molecule has 3 N–H and O–H groups in total. The molecule has 4 heterocycles. The minimum Gasteiger partial charge on any atom is -0.383 e. The van der Waals surface area contributed by atoms with Crippen molar-refractivity contribution in [1.82, 2.24) is 19.9 Å². The van der Waals surface area contributed by atoms with Crippen LogP contribution in [-0.4, -0.2) is 64.6 Å². The predicted octanol–water partition coefficient (Wildman–Crippen LogP) is 5.72. The smallest absolute Gasteiger partial charge is 0.383 e. The second kappa shape index (κ2) is 12.4. The van der Waals surface area contributed by atoms with Crippen LogP contribution >= 0.6 is 22.7 Å². The highest BCUT2D eigenvalue weighted by molar-refractivity contribution is 7.21. The SMILES string of the molecule is COC[C@H]1CCCN1C(=O)c1cc2ncnc(NCCc3cnc(NC(=O)Nc4cccc(C(F)(F)F)c4)s3)c2s1. The zero-order valence-corrected chi connectivity index (χ0v) is 23.5. The van der Waals surface area contributed by atoms with Crippen molar-refractivity contribution >= 4 is 61.5 Å². The van der Waals surface area contributed by atoms with Crippen LogP contribution in [0.15, 0.2) is 42.9 Å². The normalized spacial score (nSPS) is 15.3. The van der Waals surface area contributed by atoms with E-state index in [1.807, 2.05) is 4.90 Å².